The molecule has 0 spiro atoms. The van der Waals surface area contributed by atoms with Gasteiger partial charge in [0, 0.05) is 22.5 Å². The van der Waals surface area contributed by atoms with Crippen LogP contribution in [-0.4, -0.2) is 9.97 Å². The third-order valence-corrected chi connectivity index (χ3v) is 14.5. The molecule has 0 amide bonds. The predicted octanol–water partition coefficient (Wildman–Crippen LogP) is 16.1. The van der Waals surface area contributed by atoms with Gasteiger partial charge in [-0.2, -0.15) is 0 Å². The molecule has 1 aromatic heterocycles. The van der Waals surface area contributed by atoms with Gasteiger partial charge in [-0.25, -0.2) is 4.98 Å². The molecular formula is C66H46N4. The van der Waals surface area contributed by atoms with Crippen LogP contribution in [0.1, 0.15) is 44.5 Å². The van der Waals surface area contributed by atoms with E-state index >= 15 is 0 Å². The Morgan fingerprint density at radius 1 is 0.257 bits per heavy atom. The summed E-state index contributed by atoms with van der Waals surface area (Å²) in [5, 5.41) is 0. The van der Waals surface area contributed by atoms with Crippen molar-refractivity contribution in [3.8, 4) is 22.5 Å². The lowest BCUT2D eigenvalue weighted by molar-refractivity contribution is 0.731. The summed E-state index contributed by atoms with van der Waals surface area (Å²) in [6.45, 7) is 0. The molecule has 3 heterocycles. The van der Waals surface area contributed by atoms with Crippen molar-refractivity contribution < 1.29 is 0 Å². The van der Waals surface area contributed by atoms with Gasteiger partial charge < -0.3 is 9.80 Å². The second-order valence-electron chi connectivity index (χ2n) is 18.1. The van der Waals surface area contributed by atoms with Crippen LogP contribution in [0, 0.1) is 0 Å². The molecule has 0 atom stereocenters. The zero-order chi connectivity index (χ0) is 46.5. The van der Waals surface area contributed by atoms with Gasteiger partial charge in [0.1, 0.15) is 0 Å². The van der Waals surface area contributed by atoms with Crippen LogP contribution in [0.4, 0.5) is 34.1 Å². The van der Waals surface area contributed by atoms with Crippen molar-refractivity contribution in [3.05, 3.63) is 324 Å². The SMILES string of the molecule is c1ccc(C2(c3ccccc3)c3ccccc3N(c3ccc(-c4cncc(-c5ccc(N6c7ccccc7C(c7ccccc7)(c7ccccc7)c7ccccc76)cc5)n4)cc3)c3ccccc32)cc1. The zero-order valence-corrected chi connectivity index (χ0v) is 38.3. The molecule has 2 aliphatic heterocycles. The molecule has 4 nitrogen and oxygen atoms in total. The van der Waals surface area contributed by atoms with Gasteiger partial charge in [-0.3, -0.25) is 4.98 Å². The standard InChI is InChI=1S/C66H46N4/c1-5-21-49(22-6-1)65(50-23-7-2-8-24-50)55-29-13-17-33-61(55)69(62-34-18-14-30-56(62)65)53-41-37-47(38-42-53)59-45-67-46-60(68-59)48-39-43-54(44-40-48)70-63-35-19-15-31-57(63)66(51-25-9-3-10-26-51,52-27-11-4-12-28-52)58-32-16-20-36-64(58)70/h1-46H. The maximum Gasteiger partial charge on any atom is 0.0892 e. The van der Waals surface area contributed by atoms with Crippen LogP contribution >= 0.6 is 0 Å². The maximum absolute atomic E-state index is 5.22. The minimum atomic E-state index is -0.514. The van der Waals surface area contributed by atoms with Crippen LogP contribution in [-0.2, 0) is 10.8 Å². The van der Waals surface area contributed by atoms with E-state index in [4.69, 9.17) is 9.97 Å². The van der Waals surface area contributed by atoms with Crippen LogP contribution in [0.15, 0.2) is 279 Å². The average molecular weight is 895 g/mol. The summed E-state index contributed by atoms with van der Waals surface area (Å²) in [6.07, 6.45) is 3.72. The molecule has 0 saturated carbocycles. The minimum Gasteiger partial charge on any atom is -0.310 e. The third kappa shape index (κ3) is 6.30. The predicted molar refractivity (Wildman–Crippen MR) is 286 cm³/mol. The Labute approximate surface area is 409 Å². The van der Waals surface area contributed by atoms with Gasteiger partial charge in [-0.05, 0) is 93.0 Å². The molecular weight excluding hydrogens is 849 g/mol. The molecule has 2 aliphatic rings. The van der Waals surface area contributed by atoms with Crippen molar-refractivity contribution >= 4 is 34.1 Å². The first kappa shape index (κ1) is 41.1. The molecule has 0 N–H and O–H groups in total. The van der Waals surface area contributed by atoms with Crippen molar-refractivity contribution in [2.24, 2.45) is 0 Å². The topological polar surface area (TPSA) is 32.3 Å². The average Bonchev–Trinajstić information content (AvgIpc) is 3.45. The number of hydrogen-bond donors (Lipinski definition) is 0. The van der Waals surface area contributed by atoms with Gasteiger partial charge in [0.05, 0.1) is 57.4 Å². The quantitative estimate of drug-likeness (QED) is 0.152. The van der Waals surface area contributed by atoms with Crippen molar-refractivity contribution in [2.75, 3.05) is 9.80 Å². The molecule has 0 unspecified atom stereocenters. The summed E-state index contributed by atoms with van der Waals surface area (Å²) in [7, 11) is 0. The number of hydrogen-bond acceptors (Lipinski definition) is 4. The summed E-state index contributed by atoms with van der Waals surface area (Å²) in [4.78, 5) is 14.8. The fourth-order valence-corrected chi connectivity index (χ4v) is 11.6. The van der Waals surface area contributed by atoms with E-state index in [9.17, 15) is 0 Å². The second kappa shape index (κ2) is 16.9. The largest absolute Gasteiger partial charge is 0.310 e. The van der Waals surface area contributed by atoms with Gasteiger partial charge in [-0.1, -0.05) is 218 Å². The molecule has 0 fully saturated rings. The van der Waals surface area contributed by atoms with E-state index in [1.807, 2.05) is 12.4 Å². The van der Waals surface area contributed by atoms with Crippen molar-refractivity contribution in [1.29, 1.82) is 0 Å². The Balaban J connectivity index is 0.848. The number of rotatable bonds is 8. The Bertz CT molecular complexity index is 3230. The van der Waals surface area contributed by atoms with E-state index in [0.717, 1.165) is 56.6 Å². The molecule has 0 bridgehead atoms. The Kier molecular flexibility index (Phi) is 9.91. The second-order valence-corrected chi connectivity index (χ2v) is 18.1. The lowest BCUT2D eigenvalue weighted by atomic mass is 9.62. The van der Waals surface area contributed by atoms with Gasteiger partial charge in [0.25, 0.3) is 0 Å². The maximum atomic E-state index is 5.22. The minimum absolute atomic E-state index is 0.514. The summed E-state index contributed by atoms with van der Waals surface area (Å²) < 4.78 is 0. The Hall–Kier alpha value is -9.12. The molecule has 0 radical (unpaired) electrons. The summed E-state index contributed by atoms with van der Waals surface area (Å²) in [5.74, 6) is 0. The first-order valence-electron chi connectivity index (χ1n) is 24.0. The molecule has 0 saturated heterocycles. The highest BCUT2D eigenvalue weighted by Gasteiger charge is 2.47. The van der Waals surface area contributed by atoms with E-state index < -0.39 is 10.8 Å². The van der Waals surface area contributed by atoms with Crippen LogP contribution in [0.2, 0.25) is 0 Å². The fraction of sp³-hybridized carbons (Fsp3) is 0.0303. The number of aromatic nitrogens is 2. The summed E-state index contributed by atoms with van der Waals surface area (Å²) in [5.41, 5.74) is 19.2. The molecule has 10 aromatic carbocycles. The van der Waals surface area contributed by atoms with E-state index in [2.05, 4.69) is 277 Å². The highest BCUT2D eigenvalue weighted by Crippen LogP contribution is 2.59. The monoisotopic (exact) mass is 894 g/mol. The number of anilines is 6. The van der Waals surface area contributed by atoms with E-state index in [1.54, 1.807) is 0 Å². The lowest BCUT2D eigenvalue weighted by Crippen LogP contribution is -2.37. The van der Waals surface area contributed by atoms with Gasteiger partial charge in [0.15, 0.2) is 0 Å². The highest BCUT2D eigenvalue weighted by atomic mass is 15.2. The third-order valence-electron chi connectivity index (χ3n) is 14.5. The molecule has 330 valence electrons. The number of nitrogens with zero attached hydrogens (tertiary/aromatic N) is 4. The summed E-state index contributed by atoms with van der Waals surface area (Å²) >= 11 is 0. The molecule has 4 heteroatoms. The fourth-order valence-electron chi connectivity index (χ4n) is 11.6. The van der Waals surface area contributed by atoms with Crippen LogP contribution in [0.25, 0.3) is 22.5 Å². The van der Waals surface area contributed by atoms with Gasteiger partial charge >= 0.3 is 0 Å². The molecule has 13 rings (SSSR count). The first-order chi connectivity index (χ1) is 34.7. The van der Waals surface area contributed by atoms with Crippen LogP contribution in [0.3, 0.4) is 0 Å². The Morgan fingerprint density at radius 2 is 0.514 bits per heavy atom. The molecule has 11 aromatic rings. The van der Waals surface area contributed by atoms with E-state index in [0.29, 0.717) is 0 Å². The van der Waals surface area contributed by atoms with Crippen molar-refractivity contribution in [2.45, 2.75) is 10.8 Å². The molecule has 70 heavy (non-hydrogen) atoms. The Morgan fingerprint density at radius 3 is 0.800 bits per heavy atom. The normalized spacial score (nSPS) is 13.9. The van der Waals surface area contributed by atoms with Gasteiger partial charge in [-0.15, -0.1) is 0 Å². The van der Waals surface area contributed by atoms with Crippen molar-refractivity contribution in [3.63, 3.8) is 0 Å². The van der Waals surface area contributed by atoms with Gasteiger partial charge in [0.2, 0.25) is 0 Å². The lowest BCUT2D eigenvalue weighted by Gasteiger charge is -2.46. The number of fused-ring (bicyclic) bond motifs is 4. The van der Waals surface area contributed by atoms with Crippen LogP contribution in [0.5, 0.6) is 0 Å². The smallest absolute Gasteiger partial charge is 0.0892 e. The van der Waals surface area contributed by atoms with E-state index in [-0.39, 0.29) is 0 Å². The number of para-hydroxylation sites is 4. The van der Waals surface area contributed by atoms with Crippen molar-refractivity contribution in [1.82, 2.24) is 9.97 Å². The zero-order valence-electron chi connectivity index (χ0n) is 38.3. The number of benzene rings is 10. The highest BCUT2D eigenvalue weighted by molar-refractivity contribution is 5.91. The first-order valence-corrected chi connectivity index (χ1v) is 24.0. The summed E-state index contributed by atoms with van der Waals surface area (Å²) in [6, 6.07) is 96.8. The van der Waals surface area contributed by atoms with E-state index in [1.165, 1.54) is 44.5 Å². The molecule has 0 aliphatic carbocycles. The van der Waals surface area contributed by atoms with Crippen LogP contribution < -0.4 is 9.80 Å².